The predicted octanol–water partition coefficient (Wildman–Crippen LogP) is 0.306. The third-order valence-electron chi connectivity index (χ3n) is 3.70. The van der Waals surface area contributed by atoms with E-state index in [2.05, 4.69) is 9.82 Å². The van der Waals surface area contributed by atoms with Gasteiger partial charge in [-0.1, -0.05) is 0 Å². The van der Waals surface area contributed by atoms with E-state index in [1.54, 1.807) is 18.5 Å². The van der Waals surface area contributed by atoms with E-state index in [1.807, 2.05) is 0 Å². The van der Waals surface area contributed by atoms with Crippen molar-refractivity contribution in [3.8, 4) is 0 Å². The van der Waals surface area contributed by atoms with Gasteiger partial charge >= 0.3 is 0 Å². The maximum atomic E-state index is 12.6. The summed E-state index contributed by atoms with van der Waals surface area (Å²) in [5.41, 5.74) is 6.70. The molecule has 1 aliphatic rings. The molecule has 1 aliphatic heterocycles. The molecule has 0 spiro atoms. The van der Waals surface area contributed by atoms with Gasteiger partial charge in [-0.05, 0) is 39.7 Å². The third kappa shape index (κ3) is 3.82. The fourth-order valence-corrected chi connectivity index (χ4v) is 4.34. The molecule has 120 valence electrons. The fourth-order valence-electron chi connectivity index (χ4n) is 2.62. The highest BCUT2D eigenvalue weighted by atomic mass is 32.2. The molecule has 7 nitrogen and oxygen atoms in total. The van der Waals surface area contributed by atoms with Crippen LogP contribution in [0, 0.1) is 13.8 Å². The van der Waals surface area contributed by atoms with Crippen molar-refractivity contribution in [1.29, 1.82) is 0 Å². The van der Waals surface area contributed by atoms with Crippen molar-refractivity contribution >= 4 is 10.0 Å². The van der Waals surface area contributed by atoms with Gasteiger partial charge in [-0.15, -0.1) is 0 Å². The van der Waals surface area contributed by atoms with Gasteiger partial charge in [0.2, 0.25) is 10.0 Å². The van der Waals surface area contributed by atoms with Crippen LogP contribution in [-0.4, -0.2) is 44.0 Å². The van der Waals surface area contributed by atoms with Gasteiger partial charge < -0.3 is 10.5 Å². The Bertz CT molecular complexity index is 576. The second kappa shape index (κ2) is 6.87. The second-order valence-corrected chi connectivity index (χ2v) is 7.02. The average Bonchev–Trinajstić information content (AvgIpc) is 2.72. The summed E-state index contributed by atoms with van der Waals surface area (Å²) >= 11 is 0. The molecule has 8 heteroatoms. The van der Waals surface area contributed by atoms with Crippen molar-refractivity contribution in [3.63, 3.8) is 0 Å². The van der Waals surface area contributed by atoms with Gasteiger partial charge in [0.25, 0.3) is 0 Å². The van der Waals surface area contributed by atoms with Crippen LogP contribution >= 0.6 is 0 Å². The van der Waals surface area contributed by atoms with Gasteiger partial charge in [0.1, 0.15) is 4.90 Å². The first-order chi connectivity index (χ1) is 9.95. The van der Waals surface area contributed by atoms with E-state index in [0.717, 1.165) is 6.42 Å². The lowest BCUT2D eigenvalue weighted by Crippen LogP contribution is -2.39. The fraction of sp³-hybridized carbons (Fsp3) is 0.769. The van der Waals surface area contributed by atoms with Crippen LogP contribution in [0.25, 0.3) is 0 Å². The van der Waals surface area contributed by atoms with E-state index < -0.39 is 10.0 Å². The lowest BCUT2D eigenvalue weighted by molar-refractivity contribution is 0.0832. The number of sulfonamides is 1. The number of hydrogen-bond donors (Lipinski definition) is 2. The minimum absolute atomic E-state index is 0.0602. The largest absolute Gasteiger partial charge is 0.381 e. The molecule has 0 radical (unpaired) electrons. The average molecular weight is 316 g/mol. The summed E-state index contributed by atoms with van der Waals surface area (Å²) in [7, 11) is -3.55. The van der Waals surface area contributed by atoms with Gasteiger partial charge in [-0.2, -0.15) is 5.10 Å². The van der Waals surface area contributed by atoms with Crippen LogP contribution in [0.5, 0.6) is 0 Å². The van der Waals surface area contributed by atoms with Crippen LogP contribution in [0.1, 0.15) is 30.7 Å². The molecule has 0 atom stereocenters. The summed E-state index contributed by atoms with van der Waals surface area (Å²) in [6, 6.07) is -0.0602. The molecule has 21 heavy (non-hydrogen) atoms. The zero-order chi connectivity index (χ0) is 15.5. The second-order valence-electron chi connectivity index (χ2n) is 5.37. The van der Waals surface area contributed by atoms with Crippen molar-refractivity contribution in [2.75, 3.05) is 19.8 Å². The van der Waals surface area contributed by atoms with Gasteiger partial charge in [-0.3, -0.25) is 4.68 Å². The van der Waals surface area contributed by atoms with Gasteiger partial charge in [0.05, 0.1) is 11.4 Å². The monoisotopic (exact) mass is 316 g/mol. The van der Waals surface area contributed by atoms with Gasteiger partial charge in [0, 0.05) is 25.8 Å². The summed E-state index contributed by atoms with van der Waals surface area (Å²) < 4.78 is 35.0. The topological polar surface area (TPSA) is 99.2 Å². The predicted molar refractivity (Wildman–Crippen MR) is 79.5 cm³/mol. The summed E-state index contributed by atoms with van der Waals surface area (Å²) in [5, 5.41) is 4.32. The van der Waals surface area contributed by atoms with E-state index >= 15 is 0 Å². The summed E-state index contributed by atoms with van der Waals surface area (Å²) in [6.07, 6.45) is 2.19. The molecule has 0 unspecified atom stereocenters. The quantitative estimate of drug-likeness (QED) is 0.786. The molecule has 0 aromatic carbocycles. The Kier molecular flexibility index (Phi) is 5.37. The molecule has 3 N–H and O–H groups in total. The zero-order valence-corrected chi connectivity index (χ0v) is 13.4. The Hall–Kier alpha value is -0.960. The molecule has 2 rings (SSSR count). The summed E-state index contributed by atoms with van der Waals surface area (Å²) in [4.78, 5) is 0.297. The van der Waals surface area contributed by atoms with Crippen molar-refractivity contribution in [3.05, 3.63) is 11.4 Å². The van der Waals surface area contributed by atoms with Crippen molar-refractivity contribution < 1.29 is 13.2 Å². The third-order valence-corrected chi connectivity index (χ3v) is 5.47. The number of ether oxygens (including phenoxy) is 1. The first-order valence-corrected chi connectivity index (χ1v) is 8.78. The van der Waals surface area contributed by atoms with Gasteiger partial charge in [0.15, 0.2) is 0 Å². The Labute approximate surface area is 125 Å². The van der Waals surface area contributed by atoms with Crippen LogP contribution in [-0.2, 0) is 21.3 Å². The molecule has 0 aliphatic carbocycles. The number of nitrogens with two attached hydrogens (primary N) is 1. The molecule has 1 aromatic rings. The number of nitrogens with one attached hydrogen (secondary N) is 1. The highest BCUT2D eigenvalue weighted by molar-refractivity contribution is 7.89. The van der Waals surface area contributed by atoms with E-state index in [4.69, 9.17) is 10.5 Å². The Balaban J connectivity index is 2.20. The molecule has 2 heterocycles. The van der Waals surface area contributed by atoms with Crippen LogP contribution in [0.15, 0.2) is 4.90 Å². The molecular weight excluding hydrogens is 292 g/mol. The van der Waals surface area contributed by atoms with Crippen LogP contribution in [0.3, 0.4) is 0 Å². The number of hydrogen-bond acceptors (Lipinski definition) is 5. The van der Waals surface area contributed by atoms with Crippen molar-refractivity contribution in [1.82, 2.24) is 14.5 Å². The number of aromatic nitrogens is 2. The highest BCUT2D eigenvalue weighted by Crippen LogP contribution is 2.21. The van der Waals surface area contributed by atoms with E-state index in [0.29, 0.717) is 55.4 Å². The first kappa shape index (κ1) is 16.4. The van der Waals surface area contributed by atoms with Gasteiger partial charge in [-0.25, -0.2) is 13.1 Å². The molecular formula is C13H24N4O3S. The van der Waals surface area contributed by atoms with E-state index in [1.165, 1.54) is 0 Å². The Morgan fingerprint density at radius 2 is 2.05 bits per heavy atom. The number of rotatable bonds is 6. The minimum Gasteiger partial charge on any atom is -0.381 e. The SMILES string of the molecule is Cc1nn(CCCN)c(C)c1S(=O)(=O)NC1CCOCC1. The first-order valence-electron chi connectivity index (χ1n) is 7.30. The van der Waals surface area contributed by atoms with Crippen LogP contribution < -0.4 is 10.5 Å². The summed E-state index contributed by atoms with van der Waals surface area (Å²) in [6.45, 7) is 5.90. The van der Waals surface area contributed by atoms with E-state index in [9.17, 15) is 8.42 Å². The molecule has 1 aromatic heterocycles. The lowest BCUT2D eigenvalue weighted by atomic mass is 10.1. The zero-order valence-electron chi connectivity index (χ0n) is 12.6. The Morgan fingerprint density at radius 1 is 1.38 bits per heavy atom. The number of aryl methyl sites for hydroxylation is 2. The van der Waals surface area contributed by atoms with Crippen LogP contribution in [0.4, 0.5) is 0 Å². The van der Waals surface area contributed by atoms with Crippen molar-refractivity contribution in [2.45, 2.75) is 50.6 Å². The molecule has 1 saturated heterocycles. The highest BCUT2D eigenvalue weighted by Gasteiger charge is 2.28. The Morgan fingerprint density at radius 3 is 2.67 bits per heavy atom. The standard InChI is InChI=1S/C13H24N4O3S/c1-10-13(11(2)17(15-10)7-3-6-14)21(18,19)16-12-4-8-20-9-5-12/h12,16H,3-9,14H2,1-2H3. The lowest BCUT2D eigenvalue weighted by Gasteiger charge is -2.23. The smallest absolute Gasteiger partial charge is 0.244 e. The number of nitrogens with zero attached hydrogens (tertiary/aromatic N) is 2. The minimum atomic E-state index is -3.55. The maximum absolute atomic E-state index is 12.6. The molecule has 0 bridgehead atoms. The van der Waals surface area contributed by atoms with Crippen LogP contribution in [0.2, 0.25) is 0 Å². The van der Waals surface area contributed by atoms with Crippen molar-refractivity contribution in [2.24, 2.45) is 5.73 Å². The maximum Gasteiger partial charge on any atom is 0.244 e. The molecule has 0 amide bonds. The van der Waals surface area contributed by atoms with E-state index in [-0.39, 0.29) is 6.04 Å². The normalized spacial score (nSPS) is 17.3. The summed E-state index contributed by atoms with van der Waals surface area (Å²) in [5.74, 6) is 0. The molecule has 1 fully saturated rings. The molecule has 0 saturated carbocycles.